The van der Waals surface area contributed by atoms with Crippen LogP contribution < -0.4 is 10.1 Å². The van der Waals surface area contributed by atoms with Gasteiger partial charge >= 0.3 is 6.61 Å². The molecule has 1 amide bonds. The summed E-state index contributed by atoms with van der Waals surface area (Å²) in [7, 11) is 0. The molecular weight excluding hydrogens is 355 g/mol. The van der Waals surface area contributed by atoms with Crippen molar-refractivity contribution in [2.24, 2.45) is 0 Å². The zero-order valence-electron chi connectivity index (χ0n) is 9.67. The third kappa shape index (κ3) is 5.61. The molecule has 0 unspecified atom stereocenters. The van der Waals surface area contributed by atoms with Crippen LogP contribution in [0.25, 0.3) is 0 Å². The molecule has 0 radical (unpaired) electrons. The average molecular weight is 369 g/mol. The van der Waals surface area contributed by atoms with Crippen LogP contribution in [0.2, 0.25) is 0 Å². The lowest BCUT2D eigenvalue weighted by atomic mass is 10.2. The highest BCUT2D eigenvalue weighted by Gasteiger charge is 2.07. The summed E-state index contributed by atoms with van der Waals surface area (Å²) in [4.78, 5) is 11.6. The number of amides is 1. The van der Waals surface area contributed by atoms with Crippen molar-refractivity contribution in [3.8, 4) is 5.75 Å². The molecule has 0 aliphatic heterocycles. The minimum absolute atomic E-state index is 0.0476. The minimum atomic E-state index is -2.85. The normalized spacial score (nSPS) is 10.4. The fourth-order valence-electron chi connectivity index (χ4n) is 1.31. The SMILES string of the molecule is O=C(NCCCCI)c1ccc(OC(F)F)cc1. The molecule has 0 fully saturated rings. The van der Waals surface area contributed by atoms with Crippen LogP contribution >= 0.6 is 22.6 Å². The number of hydrogen-bond donors (Lipinski definition) is 1. The van der Waals surface area contributed by atoms with Crippen LogP contribution in [0.4, 0.5) is 8.78 Å². The van der Waals surface area contributed by atoms with Gasteiger partial charge < -0.3 is 10.1 Å². The minimum Gasteiger partial charge on any atom is -0.435 e. The number of hydrogen-bond acceptors (Lipinski definition) is 2. The largest absolute Gasteiger partial charge is 0.435 e. The summed E-state index contributed by atoms with van der Waals surface area (Å²) in [5.41, 5.74) is 0.436. The smallest absolute Gasteiger partial charge is 0.387 e. The van der Waals surface area contributed by atoms with E-state index in [1.165, 1.54) is 24.3 Å². The molecule has 100 valence electrons. The Morgan fingerprint density at radius 3 is 2.50 bits per heavy atom. The van der Waals surface area contributed by atoms with Crippen LogP contribution in [-0.2, 0) is 0 Å². The molecule has 1 aromatic rings. The quantitative estimate of drug-likeness (QED) is 0.455. The number of halogens is 3. The number of carbonyl (C=O) groups is 1. The van der Waals surface area contributed by atoms with Gasteiger partial charge in [-0.05, 0) is 41.5 Å². The molecule has 0 heterocycles. The second-order valence-electron chi connectivity index (χ2n) is 3.55. The predicted octanol–water partition coefficient (Wildman–Crippen LogP) is 3.23. The summed E-state index contributed by atoms with van der Waals surface area (Å²) in [5.74, 6) is -0.154. The molecule has 0 atom stereocenters. The Labute approximate surface area is 118 Å². The molecule has 6 heteroatoms. The first kappa shape index (κ1) is 15.1. The van der Waals surface area contributed by atoms with Crippen molar-refractivity contribution < 1.29 is 18.3 Å². The molecule has 0 spiro atoms. The van der Waals surface area contributed by atoms with Crippen LogP contribution in [0.3, 0.4) is 0 Å². The third-order valence-electron chi connectivity index (χ3n) is 2.19. The van der Waals surface area contributed by atoms with E-state index in [-0.39, 0.29) is 11.7 Å². The number of nitrogens with one attached hydrogen (secondary N) is 1. The Morgan fingerprint density at radius 1 is 1.28 bits per heavy atom. The molecule has 1 rings (SSSR count). The molecule has 18 heavy (non-hydrogen) atoms. The zero-order chi connectivity index (χ0) is 13.4. The van der Waals surface area contributed by atoms with Crippen LogP contribution in [0.1, 0.15) is 23.2 Å². The lowest BCUT2D eigenvalue weighted by Gasteiger charge is -2.06. The van der Waals surface area contributed by atoms with E-state index in [9.17, 15) is 13.6 Å². The summed E-state index contributed by atoms with van der Waals surface area (Å²) < 4.78 is 29.1. The van der Waals surface area contributed by atoms with Crippen LogP contribution in [0, 0.1) is 0 Å². The molecule has 0 aliphatic rings. The maximum Gasteiger partial charge on any atom is 0.387 e. The first-order valence-electron chi connectivity index (χ1n) is 5.52. The summed E-state index contributed by atoms with van der Waals surface area (Å²) in [6.07, 6.45) is 1.99. The van der Waals surface area contributed by atoms with Gasteiger partial charge in [0.25, 0.3) is 5.91 Å². The Hall–Kier alpha value is -0.920. The van der Waals surface area contributed by atoms with E-state index in [1.54, 1.807) is 0 Å². The van der Waals surface area contributed by atoms with Gasteiger partial charge in [0.15, 0.2) is 0 Å². The Morgan fingerprint density at radius 2 is 1.94 bits per heavy atom. The fourth-order valence-corrected chi connectivity index (χ4v) is 1.85. The summed E-state index contributed by atoms with van der Waals surface area (Å²) >= 11 is 2.28. The molecule has 0 bridgehead atoms. The van der Waals surface area contributed by atoms with Gasteiger partial charge in [0, 0.05) is 12.1 Å². The van der Waals surface area contributed by atoms with Crippen LogP contribution in [0.5, 0.6) is 5.75 Å². The van der Waals surface area contributed by atoms with Gasteiger partial charge in [-0.3, -0.25) is 4.79 Å². The second-order valence-corrected chi connectivity index (χ2v) is 4.63. The maximum atomic E-state index is 11.9. The van der Waals surface area contributed by atoms with E-state index in [1.807, 2.05) is 0 Å². The van der Waals surface area contributed by atoms with Crippen molar-refractivity contribution in [2.45, 2.75) is 19.5 Å². The lowest BCUT2D eigenvalue weighted by Crippen LogP contribution is -2.24. The maximum absolute atomic E-state index is 11.9. The first-order valence-corrected chi connectivity index (χ1v) is 7.05. The van der Waals surface area contributed by atoms with Crippen LogP contribution in [0.15, 0.2) is 24.3 Å². The van der Waals surface area contributed by atoms with E-state index < -0.39 is 6.61 Å². The van der Waals surface area contributed by atoms with Gasteiger partial charge in [-0.1, -0.05) is 22.6 Å². The van der Waals surface area contributed by atoms with E-state index in [0.717, 1.165) is 17.3 Å². The third-order valence-corrected chi connectivity index (χ3v) is 2.95. The number of ether oxygens (including phenoxy) is 1. The highest BCUT2D eigenvalue weighted by molar-refractivity contribution is 14.1. The fraction of sp³-hybridized carbons (Fsp3) is 0.417. The van der Waals surface area contributed by atoms with Gasteiger partial charge in [-0.2, -0.15) is 8.78 Å². The van der Waals surface area contributed by atoms with Crippen molar-refractivity contribution in [3.05, 3.63) is 29.8 Å². The standard InChI is InChI=1S/C12H14F2INO2/c13-12(14)18-10-5-3-9(4-6-10)11(17)16-8-2-1-7-15/h3-6,12H,1-2,7-8H2,(H,16,17). The Bertz CT molecular complexity index is 371. The second kappa shape index (κ2) is 8.23. The Kier molecular flexibility index (Phi) is 6.92. The Balaban J connectivity index is 2.43. The van der Waals surface area contributed by atoms with Crippen molar-refractivity contribution >= 4 is 28.5 Å². The number of unbranched alkanes of at least 4 members (excludes halogenated alkanes) is 1. The monoisotopic (exact) mass is 369 g/mol. The summed E-state index contributed by atoms with van der Waals surface area (Å²) in [6.45, 7) is -2.23. The molecule has 0 saturated heterocycles. The number of rotatable bonds is 7. The number of carbonyl (C=O) groups excluding carboxylic acids is 1. The topological polar surface area (TPSA) is 38.3 Å². The number of benzene rings is 1. The van der Waals surface area contributed by atoms with Crippen molar-refractivity contribution in [3.63, 3.8) is 0 Å². The average Bonchev–Trinajstić information content (AvgIpc) is 2.34. The molecule has 3 nitrogen and oxygen atoms in total. The van der Waals surface area contributed by atoms with Crippen molar-refractivity contribution in [1.29, 1.82) is 0 Å². The molecular formula is C12H14F2INO2. The van der Waals surface area contributed by atoms with Crippen LogP contribution in [-0.4, -0.2) is 23.5 Å². The molecule has 0 aromatic heterocycles. The molecule has 1 aromatic carbocycles. The number of alkyl halides is 3. The zero-order valence-corrected chi connectivity index (χ0v) is 11.8. The van der Waals surface area contributed by atoms with Gasteiger partial charge in [-0.25, -0.2) is 0 Å². The predicted molar refractivity (Wildman–Crippen MR) is 73.5 cm³/mol. The molecule has 0 saturated carbocycles. The van der Waals surface area contributed by atoms with Gasteiger partial charge in [0.1, 0.15) is 5.75 Å². The molecule has 1 N–H and O–H groups in total. The van der Waals surface area contributed by atoms with Crippen molar-refractivity contribution in [2.75, 3.05) is 11.0 Å². The van der Waals surface area contributed by atoms with E-state index in [0.29, 0.717) is 12.1 Å². The van der Waals surface area contributed by atoms with Gasteiger partial charge in [0.05, 0.1) is 0 Å². The highest BCUT2D eigenvalue weighted by atomic mass is 127. The lowest BCUT2D eigenvalue weighted by molar-refractivity contribution is -0.0498. The van der Waals surface area contributed by atoms with E-state index in [4.69, 9.17) is 0 Å². The van der Waals surface area contributed by atoms with Gasteiger partial charge in [0.2, 0.25) is 0 Å². The van der Waals surface area contributed by atoms with E-state index >= 15 is 0 Å². The summed E-state index contributed by atoms with van der Waals surface area (Å²) in [5, 5.41) is 2.76. The van der Waals surface area contributed by atoms with E-state index in [2.05, 4.69) is 32.6 Å². The highest BCUT2D eigenvalue weighted by Crippen LogP contribution is 2.14. The van der Waals surface area contributed by atoms with Gasteiger partial charge in [-0.15, -0.1) is 0 Å². The first-order chi connectivity index (χ1) is 8.63. The summed E-state index contributed by atoms with van der Waals surface area (Å²) in [6, 6.07) is 5.63. The molecule has 0 aliphatic carbocycles. The van der Waals surface area contributed by atoms with Crippen molar-refractivity contribution in [1.82, 2.24) is 5.32 Å².